The van der Waals surface area contributed by atoms with Gasteiger partial charge in [0.1, 0.15) is 5.82 Å². The van der Waals surface area contributed by atoms with Gasteiger partial charge < -0.3 is 4.98 Å². The molecule has 0 unspecified atom stereocenters. The van der Waals surface area contributed by atoms with E-state index in [1.165, 1.54) is 12.1 Å². The molecule has 0 spiro atoms. The van der Waals surface area contributed by atoms with E-state index in [9.17, 15) is 4.39 Å². The number of hydrogen-bond donors (Lipinski definition) is 1. The van der Waals surface area contributed by atoms with Gasteiger partial charge in [-0.3, -0.25) is 4.98 Å². The summed E-state index contributed by atoms with van der Waals surface area (Å²) in [6.07, 6.45) is 1.77. The average molecular weight is 252 g/mol. The summed E-state index contributed by atoms with van der Waals surface area (Å²) in [5.41, 5.74) is 4.50. The molecule has 0 aliphatic carbocycles. The summed E-state index contributed by atoms with van der Waals surface area (Å²) in [4.78, 5) is 7.80. The molecule has 2 aromatic heterocycles. The van der Waals surface area contributed by atoms with Gasteiger partial charge in [0.2, 0.25) is 0 Å². The third kappa shape index (κ3) is 2.03. The van der Waals surface area contributed by atoms with Crippen LogP contribution in [0, 0.1) is 12.7 Å². The van der Waals surface area contributed by atoms with E-state index in [4.69, 9.17) is 0 Å². The Kier molecular flexibility index (Phi) is 2.67. The van der Waals surface area contributed by atoms with Crippen LogP contribution in [0.1, 0.15) is 11.3 Å². The van der Waals surface area contributed by atoms with Crippen molar-refractivity contribution < 1.29 is 4.39 Å². The second-order valence-corrected chi connectivity index (χ2v) is 4.51. The van der Waals surface area contributed by atoms with Crippen LogP contribution in [0.3, 0.4) is 0 Å². The highest BCUT2D eigenvalue weighted by molar-refractivity contribution is 5.86. The first kappa shape index (κ1) is 11.7. The molecule has 94 valence electrons. The molecule has 0 radical (unpaired) electrons. The Balaban J connectivity index is 2.24. The van der Waals surface area contributed by atoms with Crippen LogP contribution >= 0.6 is 0 Å². The molecule has 2 heterocycles. The number of halogens is 1. The number of pyridine rings is 1. The maximum absolute atomic E-state index is 13.2. The Labute approximate surface area is 110 Å². The van der Waals surface area contributed by atoms with Crippen LogP contribution in [0.2, 0.25) is 0 Å². The fourth-order valence-corrected chi connectivity index (χ4v) is 2.18. The van der Waals surface area contributed by atoms with Crippen molar-refractivity contribution in [1.29, 1.82) is 0 Å². The number of hydrogen-bond acceptors (Lipinski definition) is 1. The summed E-state index contributed by atoms with van der Waals surface area (Å²) in [5.74, 6) is -0.237. The molecule has 0 saturated carbocycles. The summed E-state index contributed by atoms with van der Waals surface area (Å²) in [5, 5.41) is 0.841. The standard InChI is InChI=1S/C16H13FN2/c1-3-11-5-4-10(2)18-16(11)15-9-12-8-13(17)6-7-14(12)19-15/h3-9,19H,1H2,2H3. The largest absolute Gasteiger partial charge is 0.353 e. The number of aromatic nitrogens is 2. The number of H-pyrrole nitrogens is 1. The van der Waals surface area contributed by atoms with E-state index in [0.29, 0.717) is 0 Å². The van der Waals surface area contributed by atoms with Gasteiger partial charge in [-0.05, 0) is 37.3 Å². The van der Waals surface area contributed by atoms with Gasteiger partial charge in [-0.15, -0.1) is 0 Å². The minimum Gasteiger partial charge on any atom is -0.353 e. The molecular formula is C16H13FN2. The smallest absolute Gasteiger partial charge is 0.123 e. The average Bonchev–Trinajstić information content (AvgIpc) is 2.81. The van der Waals surface area contributed by atoms with Crippen molar-refractivity contribution in [2.24, 2.45) is 0 Å². The first-order valence-electron chi connectivity index (χ1n) is 6.06. The molecule has 1 aromatic carbocycles. The summed E-state index contributed by atoms with van der Waals surface area (Å²) in [6, 6.07) is 10.5. The summed E-state index contributed by atoms with van der Waals surface area (Å²) < 4.78 is 13.2. The molecule has 0 aliphatic rings. The Morgan fingerprint density at radius 2 is 2.05 bits per heavy atom. The Bertz CT molecular complexity index is 772. The predicted molar refractivity (Wildman–Crippen MR) is 76.3 cm³/mol. The van der Waals surface area contributed by atoms with Crippen LogP contribution < -0.4 is 0 Å². The minimum absolute atomic E-state index is 0.237. The van der Waals surface area contributed by atoms with Crippen molar-refractivity contribution in [3.63, 3.8) is 0 Å². The zero-order valence-corrected chi connectivity index (χ0v) is 10.6. The van der Waals surface area contributed by atoms with Crippen LogP contribution in [0.5, 0.6) is 0 Å². The molecule has 0 atom stereocenters. The van der Waals surface area contributed by atoms with Crippen LogP contribution in [-0.2, 0) is 0 Å². The summed E-state index contributed by atoms with van der Waals surface area (Å²) in [6.45, 7) is 5.74. The monoisotopic (exact) mass is 252 g/mol. The Hall–Kier alpha value is -2.42. The lowest BCUT2D eigenvalue weighted by Gasteiger charge is -2.04. The van der Waals surface area contributed by atoms with Crippen LogP contribution in [0.25, 0.3) is 28.4 Å². The minimum atomic E-state index is -0.237. The van der Waals surface area contributed by atoms with Gasteiger partial charge in [0.05, 0.1) is 11.4 Å². The van der Waals surface area contributed by atoms with Gasteiger partial charge in [-0.2, -0.15) is 0 Å². The highest BCUT2D eigenvalue weighted by atomic mass is 19.1. The Morgan fingerprint density at radius 1 is 1.21 bits per heavy atom. The topological polar surface area (TPSA) is 28.7 Å². The molecular weight excluding hydrogens is 239 g/mol. The molecule has 2 nitrogen and oxygen atoms in total. The van der Waals surface area contributed by atoms with Crippen molar-refractivity contribution in [3.05, 3.63) is 60.1 Å². The first-order valence-corrected chi connectivity index (χ1v) is 6.06. The fraction of sp³-hybridized carbons (Fsp3) is 0.0625. The van der Waals surface area contributed by atoms with Gasteiger partial charge in [0, 0.05) is 22.2 Å². The normalized spacial score (nSPS) is 10.8. The van der Waals surface area contributed by atoms with Crippen molar-refractivity contribution in [2.45, 2.75) is 6.92 Å². The molecule has 3 rings (SSSR count). The predicted octanol–water partition coefficient (Wildman–Crippen LogP) is 4.32. The molecule has 0 aliphatic heterocycles. The third-order valence-electron chi connectivity index (χ3n) is 3.12. The zero-order valence-electron chi connectivity index (χ0n) is 10.6. The van der Waals surface area contributed by atoms with E-state index in [0.717, 1.165) is 33.5 Å². The first-order chi connectivity index (χ1) is 9.17. The number of fused-ring (bicyclic) bond motifs is 1. The van der Waals surface area contributed by atoms with E-state index in [1.54, 1.807) is 12.1 Å². The zero-order chi connectivity index (χ0) is 13.4. The van der Waals surface area contributed by atoms with E-state index in [1.807, 2.05) is 25.1 Å². The number of nitrogens with one attached hydrogen (secondary N) is 1. The SMILES string of the molecule is C=Cc1ccc(C)nc1-c1cc2cc(F)ccc2[nH]1. The molecule has 0 saturated heterocycles. The van der Waals surface area contributed by atoms with Gasteiger partial charge in [0.15, 0.2) is 0 Å². The van der Waals surface area contributed by atoms with Crippen molar-refractivity contribution in [3.8, 4) is 11.4 Å². The van der Waals surface area contributed by atoms with Crippen molar-refractivity contribution in [2.75, 3.05) is 0 Å². The number of aromatic amines is 1. The van der Waals surface area contributed by atoms with E-state index in [-0.39, 0.29) is 5.82 Å². The van der Waals surface area contributed by atoms with Gasteiger partial charge in [-0.1, -0.05) is 18.7 Å². The third-order valence-corrected chi connectivity index (χ3v) is 3.12. The molecule has 1 N–H and O–H groups in total. The number of rotatable bonds is 2. The lowest BCUT2D eigenvalue weighted by Crippen LogP contribution is -1.90. The van der Waals surface area contributed by atoms with E-state index >= 15 is 0 Å². The summed E-state index contributed by atoms with van der Waals surface area (Å²) >= 11 is 0. The maximum atomic E-state index is 13.2. The Morgan fingerprint density at radius 3 is 2.84 bits per heavy atom. The van der Waals surface area contributed by atoms with E-state index < -0.39 is 0 Å². The fourth-order valence-electron chi connectivity index (χ4n) is 2.18. The van der Waals surface area contributed by atoms with Gasteiger partial charge in [-0.25, -0.2) is 4.39 Å². The molecule has 0 fully saturated rings. The molecule has 0 bridgehead atoms. The van der Waals surface area contributed by atoms with Crippen LogP contribution in [0.15, 0.2) is 43.0 Å². The van der Waals surface area contributed by atoms with Crippen LogP contribution in [0.4, 0.5) is 4.39 Å². The van der Waals surface area contributed by atoms with Crippen molar-refractivity contribution in [1.82, 2.24) is 9.97 Å². The number of nitrogens with zero attached hydrogens (tertiary/aromatic N) is 1. The number of aryl methyl sites for hydroxylation is 1. The van der Waals surface area contributed by atoms with Gasteiger partial charge >= 0.3 is 0 Å². The molecule has 3 aromatic rings. The van der Waals surface area contributed by atoms with E-state index in [2.05, 4.69) is 16.5 Å². The summed E-state index contributed by atoms with van der Waals surface area (Å²) in [7, 11) is 0. The van der Waals surface area contributed by atoms with Crippen molar-refractivity contribution >= 4 is 17.0 Å². The molecule has 19 heavy (non-hydrogen) atoms. The lowest BCUT2D eigenvalue weighted by molar-refractivity contribution is 0.630. The maximum Gasteiger partial charge on any atom is 0.123 e. The molecule has 0 amide bonds. The van der Waals surface area contributed by atoms with Crippen LogP contribution in [-0.4, -0.2) is 9.97 Å². The highest BCUT2D eigenvalue weighted by Gasteiger charge is 2.09. The highest BCUT2D eigenvalue weighted by Crippen LogP contribution is 2.26. The quantitative estimate of drug-likeness (QED) is 0.723. The second kappa shape index (κ2) is 4.35. The second-order valence-electron chi connectivity index (χ2n) is 4.51. The molecule has 3 heteroatoms. The lowest BCUT2D eigenvalue weighted by atomic mass is 10.1. The number of benzene rings is 1. The van der Waals surface area contributed by atoms with Gasteiger partial charge in [0.25, 0.3) is 0 Å².